The van der Waals surface area contributed by atoms with Crippen LogP contribution in [0.5, 0.6) is 5.75 Å². The number of nitrogens with two attached hydrogens (primary N) is 1. The molecular weight excluding hydrogens is 266 g/mol. The maximum atomic E-state index is 8.98. The van der Waals surface area contributed by atoms with Crippen molar-refractivity contribution in [1.82, 2.24) is 0 Å². The second-order valence-corrected chi connectivity index (χ2v) is 4.82. The summed E-state index contributed by atoms with van der Waals surface area (Å²) in [6.07, 6.45) is 0.902. The molecule has 0 radical (unpaired) electrons. The minimum atomic E-state index is 0.105. The van der Waals surface area contributed by atoms with E-state index in [1.807, 2.05) is 48.5 Å². The summed E-state index contributed by atoms with van der Waals surface area (Å²) in [5.74, 6) is 0.956. The monoisotopic (exact) mass is 283 g/mol. The third-order valence-corrected chi connectivity index (χ3v) is 3.52. The van der Waals surface area contributed by atoms with E-state index in [0.717, 1.165) is 30.1 Å². The number of hydrogen-bond donors (Lipinski definition) is 2. The molecule has 0 aromatic heterocycles. The van der Waals surface area contributed by atoms with Crippen molar-refractivity contribution in [3.63, 3.8) is 0 Å². The molecule has 0 fully saturated rings. The SMILES string of the molecule is N/C(=N/O)c1ccccc1N1CCCOc2ccccc21. The third kappa shape index (κ3) is 2.50. The zero-order chi connectivity index (χ0) is 14.7. The highest BCUT2D eigenvalue weighted by Gasteiger charge is 2.20. The van der Waals surface area contributed by atoms with Gasteiger partial charge >= 0.3 is 0 Å². The van der Waals surface area contributed by atoms with Gasteiger partial charge in [0.1, 0.15) is 5.75 Å². The van der Waals surface area contributed by atoms with Crippen LogP contribution in [0.3, 0.4) is 0 Å². The normalized spacial score (nSPS) is 15.0. The highest BCUT2D eigenvalue weighted by atomic mass is 16.5. The van der Waals surface area contributed by atoms with E-state index in [4.69, 9.17) is 15.7 Å². The molecule has 108 valence electrons. The van der Waals surface area contributed by atoms with Crippen molar-refractivity contribution in [2.75, 3.05) is 18.1 Å². The largest absolute Gasteiger partial charge is 0.491 e. The standard InChI is InChI=1S/C16H17N3O2/c17-16(18-20)12-6-1-2-7-13(12)19-10-5-11-21-15-9-4-3-8-14(15)19/h1-4,6-9,20H,5,10-11H2,(H2,17,18). The Balaban J connectivity index is 2.13. The lowest BCUT2D eigenvalue weighted by atomic mass is 10.1. The summed E-state index contributed by atoms with van der Waals surface area (Å²) in [6.45, 7) is 1.49. The molecule has 3 N–H and O–H groups in total. The first-order valence-electron chi connectivity index (χ1n) is 6.87. The number of rotatable bonds is 2. The predicted molar refractivity (Wildman–Crippen MR) is 82.5 cm³/mol. The zero-order valence-corrected chi connectivity index (χ0v) is 11.6. The minimum Gasteiger partial charge on any atom is -0.491 e. The molecular formula is C16H17N3O2. The summed E-state index contributed by atoms with van der Waals surface area (Å²) in [7, 11) is 0. The molecule has 1 aliphatic heterocycles. The fraction of sp³-hybridized carbons (Fsp3) is 0.188. The average Bonchev–Trinajstić information content (AvgIpc) is 2.76. The summed E-state index contributed by atoms with van der Waals surface area (Å²) in [5, 5.41) is 12.1. The summed E-state index contributed by atoms with van der Waals surface area (Å²) in [5.41, 5.74) is 8.41. The molecule has 5 heteroatoms. The number of nitrogens with zero attached hydrogens (tertiary/aromatic N) is 2. The molecule has 21 heavy (non-hydrogen) atoms. The van der Waals surface area contributed by atoms with Crippen molar-refractivity contribution < 1.29 is 9.94 Å². The van der Waals surface area contributed by atoms with Crippen molar-refractivity contribution in [1.29, 1.82) is 0 Å². The molecule has 0 aliphatic carbocycles. The van der Waals surface area contributed by atoms with Crippen LogP contribution in [0.2, 0.25) is 0 Å². The fourth-order valence-electron chi connectivity index (χ4n) is 2.56. The van der Waals surface area contributed by atoms with Gasteiger partial charge in [0.25, 0.3) is 0 Å². The number of hydrogen-bond acceptors (Lipinski definition) is 4. The zero-order valence-electron chi connectivity index (χ0n) is 11.6. The smallest absolute Gasteiger partial charge is 0.172 e. The Morgan fingerprint density at radius 3 is 2.62 bits per heavy atom. The molecule has 3 rings (SSSR count). The predicted octanol–water partition coefficient (Wildman–Crippen LogP) is 2.70. The van der Waals surface area contributed by atoms with E-state index in [1.165, 1.54) is 0 Å². The molecule has 0 atom stereocenters. The second-order valence-electron chi connectivity index (χ2n) is 4.82. The summed E-state index contributed by atoms with van der Waals surface area (Å²) >= 11 is 0. The highest BCUT2D eigenvalue weighted by molar-refractivity contribution is 6.03. The Morgan fingerprint density at radius 2 is 1.81 bits per heavy atom. The van der Waals surface area contributed by atoms with Gasteiger partial charge in [0.05, 0.1) is 18.0 Å². The van der Waals surface area contributed by atoms with E-state index in [2.05, 4.69) is 10.1 Å². The Kier molecular flexibility index (Phi) is 3.64. The summed E-state index contributed by atoms with van der Waals surface area (Å²) in [4.78, 5) is 2.15. The molecule has 5 nitrogen and oxygen atoms in total. The molecule has 0 unspecified atom stereocenters. The number of amidine groups is 1. The first-order chi connectivity index (χ1) is 10.3. The van der Waals surface area contributed by atoms with E-state index >= 15 is 0 Å². The molecule has 2 aromatic carbocycles. The van der Waals surface area contributed by atoms with Crippen molar-refractivity contribution in [3.05, 3.63) is 54.1 Å². The average molecular weight is 283 g/mol. The molecule has 1 heterocycles. The molecule has 0 bridgehead atoms. The van der Waals surface area contributed by atoms with E-state index in [1.54, 1.807) is 0 Å². The lowest BCUT2D eigenvalue weighted by Gasteiger charge is -2.26. The van der Waals surface area contributed by atoms with E-state index < -0.39 is 0 Å². The van der Waals surface area contributed by atoms with Crippen molar-refractivity contribution in [2.24, 2.45) is 10.9 Å². The van der Waals surface area contributed by atoms with Crippen molar-refractivity contribution in [3.8, 4) is 5.75 Å². The van der Waals surface area contributed by atoms with Crippen molar-refractivity contribution in [2.45, 2.75) is 6.42 Å². The highest BCUT2D eigenvalue weighted by Crippen LogP contribution is 2.37. The van der Waals surface area contributed by atoms with Crippen LogP contribution in [-0.4, -0.2) is 24.2 Å². The topological polar surface area (TPSA) is 71.1 Å². The molecule has 1 aliphatic rings. The molecule has 0 saturated carbocycles. The third-order valence-electron chi connectivity index (χ3n) is 3.52. The second kappa shape index (κ2) is 5.75. The minimum absolute atomic E-state index is 0.105. The Hall–Kier alpha value is -2.69. The lowest BCUT2D eigenvalue weighted by molar-refractivity contribution is 0.318. The van der Waals surface area contributed by atoms with Gasteiger partial charge in [-0.2, -0.15) is 0 Å². The summed E-state index contributed by atoms with van der Waals surface area (Å²) < 4.78 is 5.77. The van der Waals surface area contributed by atoms with Gasteiger partial charge in [-0.25, -0.2) is 0 Å². The van der Waals surface area contributed by atoms with E-state index in [9.17, 15) is 0 Å². The van der Waals surface area contributed by atoms with Gasteiger partial charge in [-0.3, -0.25) is 0 Å². The molecule has 0 amide bonds. The summed E-state index contributed by atoms with van der Waals surface area (Å²) in [6, 6.07) is 15.5. The maximum Gasteiger partial charge on any atom is 0.172 e. The van der Waals surface area contributed by atoms with Crippen LogP contribution in [0.25, 0.3) is 0 Å². The first kappa shape index (κ1) is 13.3. The van der Waals surface area contributed by atoms with Gasteiger partial charge in [0, 0.05) is 12.1 Å². The quantitative estimate of drug-likeness (QED) is 0.385. The Bertz CT molecular complexity index is 670. The number of benzene rings is 2. The van der Waals surface area contributed by atoms with Gasteiger partial charge in [0.15, 0.2) is 5.84 Å². The van der Waals surface area contributed by atoms with Gasteiger partial charge < -0.3 is 20.6 Å². The van der Waals surface area contributed by atoms with E-state index in [0.29, 0.717) is 12.2 Å². The van der Waals surface area contributed by atoms with E-state index in [-0.39, 0.29) is 5.84 Å². The van der Waals surface area contributed by atoms with Crippen LogP contribution in [-0.2, 0) is 0 Å². The number of oxime groups is 1. The maximum absolute atomic E-state index is 8.98. The first-order valence-corrected chi connectivity index (χ1v) is 6.87. The van der Waals surface area contributed by atoms with Crippen LogP contribution in [0, 0.1) is 0 Å². The Labute approximate surface area is 123 Å². The van der Waals surface area contributed by atoms with Gasteiger partial charge in [0.2, 0.25) is 0 Å². The van der Waals surface area contributed by atoms with Crippen molar-refractivity contribution >= 4 is 17.2 Å². The molecule has 2 aromatic rings. The van der Waals surface area contributed by atoms with Gasteiger partial charge in [-0.15, -0.1) is 0 Å². The van der Waals surface area contributed by atoms with Crippen LogP contribution < -0.4 is 15.4 Å². The van der Waals surface area contributed by atoms with Crippen LogP contribution in [0.4, 0.5) is 11.4 Å². The molecule has 0 spiro atoms. The van der Waals surface area contributed by atoms with Crippen LogP contribution in [0.15, 0.2) is 53.7 Å². The number of ether oxygens (including phenoxy) is 1. The van der Waals surface area contributed by atoms with Gasteiger partial charge in [-0.1, -0.05) is 29.4 Å². The Morgan fingerprint density at radius 1 is 1.10 bits per heavy atom. The lowest BCUT2D eigenvalue weighted by Crippen LogP contribution is -2.23. The number of para-hydroxylation sites is 3. The van der Waals surface area contributed by atoms with Crippen LogP contribution >= 0.6 is 0 Å². The number of anilines is 2. The number of fused-ring (bicyclic) bond motifs is 1. The van der Waals surface area contributed by atoms with Crippen LogP contribution in [0.1, 0.15) is 12.0 Å². The van der Waals surface area contributed by atoms with Gasteiger partial charge in [-0.05, 0) is 30.7 Å². The molecule has 0 saturated heterocycles. The fourth-order valence-corrected chi connectivity index (χ4v) is 2.56.